The summed E-state index contributed by atoms with van der Waals surface area (Å²) < 4.78 is 10.6. The zero-order chi connectivity index (χ0) is 19.4. The van der Waals surface area contributed by atoms with Crippen LogP contribution in [0.15, 0.2) is 52.9 Å². The lowest BCUT2D eigenvalue weighted by molar-refractivity contribution is 0.0998. The van der Waals surface area contributed by atoms with Crippen molar-refractivity contribution < 1.29 is 18.7 Å². The summed E-state index contributed by atoms with van der Waals surface area (Å²) in [6.45, 7) is 4.24. The summed E-state index contributed by atoms with van der Waals surface area (Å²) in [7, 11) is 0. The second-order valence-electron chi connectivity index (χ2n) is 6.45. The summed E-state index contributed by atoms with van der Waals surface area (Å²) in [4.78, 5) is 24.2. The smallest absolute Gasteiger partial charge is 0.411 e. The first-order chi connectivity index (χ1) is 12.9. The number of nitrogens with one attached hydrogen (secondary N) is 2. The fraction of sp³-hybridized carbons (Fsp3) is 0.200. The minimum Gasteiger partial charge on any atom is -0.451 e. The molecule has 1 heterocycles. The molecule has 1 aromatic heterocycles. The van der Waals surface area contributed by atoms with Crippen LogP contribution < -0.4 is 10.6 Å². The quantitative estimate of drug-likeness (QED) is 0.603. The minimum atomic E-state index is -0.540. The van der Waals surface area contributed by atoms with Crippen molar-refractivity contribution in [1.29, 1.82) is 0 Å². The van der Waals surface area contributed by atoms with Crippen LogP contribution in [0, 0.1) is 5.92 Å². The minimum absolute atomic E-state index is 0.168. The average molecular weight is 387 g/mol. The van der Waals surface area contributed by atoms with Gasteiger partial charge in [-0.1, -0.05) is 31.5 Å². The fourth-order valence-electron chi connectivity index (χ4n) is 2.39. The predicted octanol–water partition coefficient (Wildman–Crippen LogP) is 5.54. The molecule has 2 aromatic carbocycles. The Morgan fingerprint density at radius 3 is 2.56 bits per heavy atom. The van der Waals surface area contributed by atoms with Gasteiger partial charge in [-0.15, -0.1) is 0 Å². The van der Waals surface area contributed by atoms with Crippen LogP contribution in [0.5, 0.6) is 0 Å². The highest BCUT2D eigenvalue weighted by Gasteiger charge is 2.13. The van der Waals surface area contributed by atoms with Crippen molar-refractivity contribution in [3.8, 4) is 0 Å². The number of carbonyl (C=O) groups excluding carboxylic acids is 2. The number of furan rings is 1. The van der Waals surface area contributed by atoms with Crippen molar-refractivity contribution in [2.24, 2.45) is 5.92 Å². The van der Waals surface area contributed by atoms with E-state index >= 15 is 0 Å². The van der Waals surface area contributed by atoms with E-state index in [-0.39, 0.29) is 11.7 Å². The second kappa shape index (κ2) is 8.14. The summed E-state index contributed by atoms with van der Waals surface area (Å²) in [6.07, 6.45) is -0.540. The number of hydrogen-bond acceptors (Lipinski definition) is 4. The topological polar surface area (TPSA) is 80.6 Å². The van der Waals surface area contributed by atoms with Gasteiger partial charge in [0.05, 0.1) is 6.61 Å². The van der Waals surface area contributed by atoms with Crippen molar-refractivity contribution >= 4 is 45.9 Å². The molecule has 6 nitrogen and oxygen atoms in total. The maximum Gasteiger partial charge on any atom is 0.411 e. The molecular weight excluding hydrogens is 368 g/mol. The number of fused-ring (bicyclic) bond motifs is 1. The Labute approximate surface area is 161 Å². The van der Waals surface area contributed by atoms with Crippen LogP contribution in [-0.2, 0) is 4.74 Å². The Balaban J connectivity index is 1.67. The normalized spacial score (nSPS) is 10.8. The van der Waals surface area contributed by atoms with Crippen molar-refractivity contribution in [2.75, 3.05) is 17.2 Å². The van der Waals surface area contributed by atoms with E-state index in [4.69, 9.17) is 20.8 Å². The molecule has 0 saturated carbocycles. The van der Waals surface area contributed by atoms with Crippen molar-refractivity contribution in [3.63, 3.8) is 0 Å². The summed E-state index contributed by atoms with van der Waals surface area (Å²) >= 11 is 5.95. The first kappa shape index (κ1) is 18.8. The third-order valence-corrected chi connectivity index (χ3v) is 3.85. The van der Waals surface area contributed by atoms with E-state index in [2.05, 4.69) is 10.6 Å². The van der Waals surface area contributed by atoms with Gasteiger partial charge in [0.15, 0.2) is 5.76 Å². The Bertz CT molecular complexity index is 981. The SMILES string of the molecule is CC(C)COC(=O)Nc1cccc(NC(=O)c2cc3cc(Cl)ccc3o2)c1. The average Bonchev–Trinajstić information content (AvgIpc) is 3.03. The Morgan fingerprint density at radius 2 is 1.81 bits per heavy atom. The van der Waals surface area contributed by atoms with Crippen molar-refractivity contribution in [2.45, 2.75) is 13.8 Å². The van der Waals surface area contributed by atoms with Gasteiger partial charge in [-0.2, -0.15) is 0 Å². The highest BCUT2D eigenvalue weighted by Crippen LogP contribution is 2.24. The van der Waals surface area contributed by atoms with Gasteiger partial charge >= 0.3 is 6.09 Å². The number of benzene rings is 2. The zero-order valence-electron chi connectivity index (χ0n) is 14.9. The van der Waals surface area contributed by atoms with E-state index in [0.29, 0.717) is 28.6 Å². The molecule has 7 heteroatoms. The molecule has 3 aromatic rings. The van der Waals surface area contributed by atoms with Crippen LogP contribution in [0.2, 0.25) is 5.02 Å². The van der Waals surface area contributed by atoms with Crippen LogP contribution in [0.25, 0.3) is 11.0 Å². The molecule has 3 rings (SSSR count). The van der Waals surface area contributed by atoms with Crippen LogP contribution in [-0.4, -0.2) is 18.6 Å². The molecular formula is C20H19ClN2O4. The van der Waals surface area contributed by atoms with Gasteiger partial charge in [-0.05, 0) is 48.4 Å². The van der Waals surface area contributed by atoms with E-state index < -0.39 is 12.0 Å². The van der Waals surface area contributed by atoms with Crippen LogP contribution in [0.3, 0.4) is 0 Å². The number of carbonyl (C=O) groups is 2. The lowest BCUT2D eigenvalue weighted by Gasteiger charge is -2.10. The molecule has 140 valence electrons. The van der Waals surface area contributed by atoms with Gasteiger partial charge in [0, 0.05) is 21.8 Å². The van der Waals surface area contributed by atoms with E-state index in [9.17, 15) is 9.59 Å². The molecule has 0 spiro atoms. The fourth-order valence-corrected chi connectivity index (χ4v) is 2.57. The first-order valence-corrected chi connectivity index (χ1v) is 8.83. The number of anilines is 2. The van der Waals surface area contributed by atoms with Crippen LogP contribution in [0.1, 0.15) is 24.4 Å². The van der Waals surface area contributed by atoms with E-state index in [1.165, 1.54) is 0 Å². The predicted molar refractivity (Wildman–Crippen MR) is 105 cm³/mol. The molecule has 0 saturated heterocycles. The first-order valence-electron chi connectivity index (χ1n) is 8.45. The highest BCUT2D eigenvalue weighted by molar-refractivity contribution is 6.31. The molecule has 0 radical (unpaired) electrons. The molecule has 2 N–H and O–H groups in total. The monoisotopic (exact) mass is 386 g/mol. The molecule has 0 atom stereocenters. The van der Waals surface area contributed by atoms with Gasteiger partial charge in [-0.3, -0.25) is 10.1 Å². The Morgan fingerprint density at radius 1 is 1.07 bits per heavy atom. The third kappa shape index (κ3) is 5.01. The lowest BCUT2D eigenvalue weighted by Crippen LogP contribution is -2.17. The van der Waals surface area contributed by atoms with Crippen molar-refractivity contribution in [1.82, 2.24) is 0 Å². The standard InChI is InChI=1S/C20H19ClN2O4/c1-12(2)11-26-20(25)23-16-5-3-4-15(10-16)22-19(24)18-9-13-8-14(21)6-7-17(13)27-18/h3-10,12H,11H2,1-2H3,(H,22,24)(H,23,25). The lowest BCUT2D eigenvalue weighted by atomic mass is 10.2. The molecule has 0 aliphatic heterocycles. The summed E-state index contributed by atoms with van der Waals surface area (Å²) in [5, 5.41) is 6.68. The number of halogens is 1. The molecule has 0 unspecified atom stereocenters. The van der Waals surface area contributed by atoms with Gasteiger partial charge < -0.3 is 14.5 Å². The van der Waals surface area contributed by atoms with E-state index in [0.717, 1.165) is 5.39 Å². The summed E-state index contributed by atoms with van der Waals surface area (Å²) in [5.74, 6) is 0.0175. The van der Waals surface area contributed by atoms with Gasteiger partial charge in [0.1, 0.15) is 5.58 Å². The summed E-state index contributed by atoms with van der Waals surface area (Å²) in [5.41, 5.74) is 1.60. The highest BCUT2D eigenvalue weighted by atomic mass is 35.5. The van der Waals surface area contributed by atoms with Gasteiger partial charge in [0.25, 0.3) is 5.91 Å². The summed E-state index contributed by atoms with van der Waals surface area (Å²) in [6, 6.07) is 13.5. The van der Waals surface area contributed by atoms with E-state index in [1.807, 2.05) is 13.8 Å². The molecule has 2 amide bonds. The maximum absolute atomic E-state index is 12.4. The molecule has 0 fully saturated rings. The maximum atomic E-state index is 12.4. The Kier molecular flexibility index (Phi) is 5.66. The number of hydrogen-bond donors (Lipinski definition) is 2. The molecule has 0 bridgehead atoms. The Hall–Kier alpha value is -2.99. The molecule has 0 aliphatic rings. The van der Waals surface area contributed by atoms with E-state index in [1.54, 1.807) is 48.5 Å². The molecule has 0 aliphatic carbocycles. The zero-order valence-corrected chi connectivity index (χ0v) is 15.7. The largest absolute Gasteiger partial charge is 0.451 e. The van der Waals surface area contributed by atoms with Crippen LogP contribution >= 0.6 is 11.6 Å². The van der Waals surface area contributed by atoms with Crippen LogP contribution in [0.4, 0.5) is 16.2 Å². The number of rotatable bonds is 5. The number of ether oxygens (including phenoxy) is 1. The van der Waals surface area contributed by atoms with Gasteiger partial charge in [0.2, 0.25) is 0 Å². The molecule has 27 heavy (non-hydrogen) atoms. The third-order valence-electron chi connectivity index (χ3n) is 3.62. The number of amides is 2. The van der Waals surface area contributed by atoms with Crippen molar-refractivity contribution in [3.05, 3.63) is 59.3 Å². The van der Waals surface area contributed by atoms with Gasteiger partial charge in [-0.25, -0.2) is 4.79 Å². The second-order valence-corrected chi connectivity index (χ2v) is 6.88.